The summed E-state index contributed by atoms with van der Waals surface area (Å²) in [5.41, 5.74) is 0.573. The molecule has 0 atom stereocenters. The molecule has 2 N–H and O–H groups in total. The summed E-state index contributed by atoms with van der Waals surface area (Å²) in [5.74, 6) is -0.174. The van der Waals surface area contributed by atoms with E-state index in [1.807, 2.05) is 0 Å². The van der Waals surface area contributed by atoms with Gasteiger partial charge in [-0.1, -0.05) is 13.8 Å². The molecule has 20 heavy (non-hydrogen) atoms. The first kappa shape index (κ1) is 16.6. The van der Waals surface area contributed by atoms with Crippen molar-refractivity contribution < 1.29 is 13.2 Å². The Kier molecular flexibility index (Phi) is 6.12. The number of sulfonamides is 1. The molecule has 112 valence electrons. The van der Waals surface area contributed by atoms with E-state index in [0.717, 1.165) is 0 Å². The number of carbonyl (C=O) groups is 1. The zero-order chi connectivity index (χ0) is 15.2. The molecule has 0 aliphatic heterocycles. The predicted octanol–water partition coefficient (Wildman–Crippen LogP) is 0.875. The molecule has 0 aliphatic carbocycles. The van der Waals surface area contributed by atoms with Crippen molar-refractivity contribution in [2.45, 2.75) is 18.7 Å². The van der Waals surface area contributed by atoms with Crippen LogP contribution < -0.4 is 10.6 Å². The molecule has 0 spiro atoms. The summed E-state index contributed by atoms with van der Waals surface area (Å²) < 4.78 is 25.9. The minimum atomic E-state index is -3.45. The maximum absolute atomic E-state index is 12.3. The van der Waals surface area contributed by atoms with Gasteiger partial charge in [-0.15, -0.1) is 0 Å². The van der Waals surface area contributed by atoms with Crippen molar-refractivity contribution in [3.63, 3.8) is 0 Å². The van der Waals surface area contributed by atoms with E-state index in [9.17, 15) is 13.2 Å². The van der Waals surface area contributed by atoms with E-state index in [-0.39, 0.29) is 17.3 Å². The lowest BCUT2D eigenvalue weighted by molar-refractivity contribution is -0.115. The number of nitrogens with one attached hydrogen (secondary N) is 2. The van der Waals surface area contributed by atoms with Crippen LogP contribution >= 0.6 is 0 Å². The Balaban J connectivity index is 2.88. The maximum Gasteiger partial charge on any atom is 0.243 e. The number of hydrogen-bond donors (Lipinski definition) is 2. The van der Waals surface area contributed by atoms with Crippen LogP contribution in [0.1, 0.15) is 13.8 Å². The Morgan fingerprint density at radius 3 is 2.15 bits per heavy atom. The number of likely N-dealkylation sites (N-methyl/N-ethyl adjacent to an activating group) is 1. The van der Waals surface area contributed by atoms with Crippen LogP contribution in [0.3, 0.4) is 0 Å². The summed E-state index contributed by atoms with van der Waals surface area (Å²) in [6, 6.07) is 6.18. The van der Waals surface area contributed by atoms with Gasteiger partial charge in [0.25, 0.3) is 0 Å². The van der Waals surface area contributed by atoms with E-state index in [2.05, 4.69) is 10.6 Å². The molecule has 0 radical (unpaired) electrons. The summed E-state index contributed by atoms with van der Waals surface area (Å²) in [4.78, 5) is 11.6. The summed E-state index contributed by atoms with van der Waals surface area (Å²) in [6.45, 7) is 4.67. The zero-order valence-electron chi connectivity index (χ0n) is 12.0. The van der Waals surface area contributed by atoms with Gasteiger partial charge in [-0.25, -0.2) is 8.42 Å². The van der Waals surface area contributed by atoms with Gasteiger partial charge in [0.1, 0.15) is 0 Å². The second-order valence-corrected chi connectivity index (χ2v) is 6.13. The molecule has 0 fully saturated rings. The summed E-state index contributed by atoms with van der Waals surface area (Å²) in [7, 11) is -1.77. The number of amides is 1. The first-order valence-electron chi connectivity index (χ1n) is 6.50. The monoisotopic (exact) mass is 299 g/mol. The number of anilines is 1. The molecule has 1 aromatic rings. The molecule has 1 aromatic carbocycles. The van der Waals surface area contributed by atoms with Gasteiger partial charge in [-0.3, -0.25) is 4.79 Å². The topological polar surface area (TPSA) is 78.5 Å². The van der Waals surface area contributed by atoms with E-state index in [0.29, 0.717) is 18.8 Å². The van der Waals surface area contributed by atoms with Crippen molar-refractivity contribution in [3.8, 4) is 0 Å². The van der Waals surface area contributed by atoms with Crippen LogP contribution in [0, 0.1) is 0 Å². The van der Waals surface area contributed by atoms with Crippen LogP contribution in [0.2, 0.25) is 0 Å². The van der Waals surface area contributed by atoms with Gasteiger partial charge in [0, 0.05) is 18.8 Å². The normalized spacial score (nSPS) is 11.6. The minimum absolute atomic E-state index is 0.174. The van der Waals surface area contributed by atoms with Gasteiger partial charge in [-0.05, 0) is 31.3 Å². The van der Waals surface area contributed by atoms with Crippen LogP contribution in [-0.2, 0) is 14.8 Å². The predicted molar refractivity (Wildman–Crippen MR) is 79.1 cm³/mol. The Labute approximate surface area is 120 Å². The smallest absolute Gasteiger partial charge is 0.243 e. The number of carbonyl (C=O) groups excluding carboxylic acids is 1. The third-order valence-electron chi connectivity index (χ3n) is 2.82. The minimum Gasteiger partial charge on any atom is -0.325 e. The molecular weight excluding hydrogens is 278 g/mol. The van der Waals surface area contributed by atoms with E-state index < -0.39 is 10.0 Å². The molecule has 0 saturated heterocycles. The molecule has 6 nitrogen and oxygen atoms in total. The highest BCUT2D eigenvalue weighted by Gasteiger charge is 2.21. The lowest BCUT2D eigenvalue weighted by Crippen LogP contribution is -2.30. The van der Waals surface area contributed by atoms with Gasteiger partial charge in [0.2, 0.25) is 15.9 Å². The lowest BCUT2D eigenvalue weighted by atomic mass is 10.3. The molecular formula is C13H21N3O3S. The van der Waals surface area contributed by atoms with Crippen LogP contribution in [0.4, 0.5) is 5.69 Å². The summed E-state index contributed by atoms with van der Waals surface area (Å²) in [6.07, 6.45) is 0. The van der Waals surface area contributed by atoms with Crippen LogP contribution in [0.25, 0.3) is 0 Å². The van der Waals surface area contributed by atoms with E-state index in [4.69, 9.17) is 0 Å². The van der Waals surface area contributed by atoms with Crippen LogP contribution in [-0.4, -0.2) is 45.3 Å². The highest BCUT2D eigenvalue weighted by molar-refractivity contribution is 7.89. The summed E-state index contributed by atoms with van der Waals surface area (Å²) in [5, 5.41) is 5.41. The molecule has 0 heterocycles. The Bertz CT molecular complexity index is 536. The Morgan fingerprint density at radius 1 is 1.15 bits per heavy atom. The molecule has 0 aliphatic rings. The van der Waals surface area contributed by atoms with Crippen LogP contribution in [0.5, 0.6) is 0 Å². The molecule has 1 amide bonds. The number of benzene rings is 1. The fraction of sp³-hybridized carbons (Fsp3) is 0.462. The quantitative estimate of drug-likeness (QED) is 0.783. The van der Waals surface area contributed by atoms with Crippen molar-refractivity contribution in [1.29, 1.82) is 0 Å². The highest BCUT2D eigenvalue weighted by Crippen LogP contribution is 2.18. The van der Waals surface area contributed by atoms with Crippen molar-refractivity contribution in [2.24, 2.45) is 0 Å². The van der Waals surface area contributed by atoms with Crippen molar-refractivity contribution in [3.05, 3.63) is 24.3 Å². The third kappa shape index (κ3) is 4.03. The van der Waals surface area contributed by atoms with Gasteiger partial charge in [0.15, 0.2) is 0 Å². The largest absolute Gasteiger partial charge is 0.325 e. The molecule has 1 rings (SSSR count). The van der Waals surface area contributed by atoms with Gasteiger partial charge in [0.05, 0.1) is 11.4 Å². The van der Waals surface area contributed by atoms with Crippen LogP contribution in [0.15, 0.2) is 29.2 Å². The molecule has 0 unspecified atom stereocenters. The molecule has 0 saturated carbocycles. The number of nitrogens with zero attached hydrogens (tertiary/aromatic N) is 1. The van der Waals surface area contributed by atoms with E-state index in [1.165, 1.54) is 16.4 Å². The van der Waals surface area contributed by atoms with Gasteiger partial charge in [-0.2, -0.15) is 4.31 Å². The molecule has 7 heteroatoms. The summed E-state index contributed by atoms with van der Waals surface area (Å²) >= 11 is 0. The second kappa shape index (κ2) is 7.37. The first-order chi connectivity index (χ1) is 9.45. The molecule has 0 aromatic heterocycles. The Hall–Kier alpha value is -1.44. The average Bonchev–Trinajstić information content (AvgIpc) is 2.40. The van der Waals surface area contributed by atoms with Crippen molar-refractivity contribution >= 4 is 21.6 Å². The highest BCUT2D eigenvalue weighted by atomic mass is 32.2. The third-order valence-corrected chi connectivity index (χ3v) is 4.88. The maximum atomic E-state index is 12.3. The fourth-order valence-electron chi connectivity index (χ4n) is 1.79. The average molecular weight is 299 g/mol. The zero-order valence-corrected chi connectivity index (χ0v) is 12.8. The van der Waals surface area contributed by atoms with Crippen molar-refractivity contribution in [1.82, 2.24) is 9.62 Å². The van der Waals surface area contributed by atoms with Gasteiger partial charge < -0.3 is 10.6 Å². The van der Waals surface area contributed by atoms with Gasteiger partial charge >= 0.3 is 0 Å². The number of rotatable bonds is 7. The Morgan fingerprint density at radius 2 is 1.70 bits per heavy atom. The van der Waals surface area contributed by atoms with Crippen molar-refractivity contribution in [2.75, 3.05) is 32.0 Å². The van der Waals surface area contributed by atoms with E-state index >= 15 is 0 Å². The van der Waals surface area contributed by atoms with E-state index in [1.54, 1.807) is 33.0 Å². The standard InChI is InChI=1S/C13H21N3O3S/c1-4-16(5-2)20(18,19)12-8-6-11(7-9-12)15-13(17)10-14-3/h6-9,14H,4-5,10H2,1-3H3,(H,15,17). The second-order valence-electron chi connectivity index (χ2n) is 4.19. The fourth-order valence-corrected chi connectivity index (χ4v) is 3.25. The first-order valence-corrected chi connectivity index (χ1v) is 7.94. The lowest BCUT2D eigenvalue weighted by Gasteiger charge is -2.18. The molecule has 0 bridgehead atoms. The number of hydrogen-bond acceptors (Lipinski definition) is 4. The SMILES string of the molecule is CCN(CC)S(=O)(=O)c1ccc(NC(=O)CNC)cc1.